The highest BCUT2D eigenvalue weighted by atomic mass is 14.9. The minimum Gasteiger partial charge on any atom is -0.315 e. The molecular weight excluding hydrogens is 184 g/mol. The van der Waals surface area contributed by atoms with Gasteiger partial charge in [-0.3, -0.25) is 0 Å². The molecule has 1 aromatic rings. The van der Waals surface area contributed by atoms with Crippen LogP contribution >= 0.6 is 0 Å². The second-order valence-electron chi connectivity index (χ2n) is 4.43. The molecule has 0 aromatic heterocycles. The molecule has 1 heterocycles. The summed E-state index contributed by atoms with van der Waals surface area (Å²) >= 11 is 0. The van der Waals surface area contributed by atoms with Crippen LogP contribution in [0.1, 0.15) is 36.8 Å². The minimum absolute atomic E-state index is 0.249. The van der Waals surface area contributed by atoms with Crippen molar-refractivity contribution in [3.63, 3.8) is 0 Å². The first-order valence-electron chi connectivity index (χ1n) is 5.54. The Morgan fingerprint density at radius 1 is 1.33 bits per heavy atom. The van der Waals surface area contributed by atoms with Crippen molar-refractivity contribution in [2.24, 2.45) is 0 Å². The summed E-state index contributed by atoms with van der Waals surface area (Å²) < 4.78 is 0. The number of hydrogen-bond donors (Lipinski definition) is 2. The van der Waals surface area contributed by atoms with E-state index in [0.717, 1.165) is 18.8 Å². The van der Waals surface area contributed by atoms with E-state index in [1.165, 1.54) is 11.1 Å². The van der Waals surface area contributed by atoms with Crippen LogP contribution in [0.4, 0.5) is 0 Å². The first kappa shape index (κ1) is 10.4. The van der Waals surface area contributed by atoms with Crippen molar-refractivity contribution >= 4 is 5.71 Å². The summed E-state index contributed by atoms with van der Waals surface area (Å²) in [6.45, 7) is 6.17. The molecule has 15 heavy (non-hydrogen) atoms. The SMILES string of the molecule is CC(=N)[C@H](C)c1ccc(C2CNC2)cc1. The molecule has 0 aliphatic carbocycles. The third kappa shape index (κ3) is 2.10. The lowest BCUT2D eigenvalue weighted by atomic mass is 9.90. The van der Waals surface area contributed by atoms with Crippen LogP contribution in [0.3, 0.4) is 0 Å². The highest BCUT2D eigenvalue weighted by Crippen LogP contribution is 2.23. The zero-order chi connectivity index (χ0) is 10.8. The largest absolute Gasteiger partial charge is 0.315 e. The van der Waals surface area contributed by atoms with Gasteiger partial charge in [-0.15, -0.1) is 0 Å². The highest BCUT2D eigenvalue weighted by Gasteiger charge is 2.18. The molecule has 1 aliphatic heterocycles. The van der Waals surface area contributed by atoms with Gasteiger partial charge in [0.25, 0.3) is 0 Å². The van der Waals surface area contributed by atoms with E-state index >= 15 is 0 Å². The van der Waals surface area contributed by atoms with E-state index in [-0.39, 0.29) is 5.92 Å². The summed E-state index contributed by atoms with van der Waals surface area (Å²) in [6, 6.07) is 8.74. The number of rotatable bonds is 3. The van der Waals surface area contributed by atoms with E-state index in [1.54, 1.807) is 0 Å². The summed E-state index contributed by atoms with van der Waals surface area (Å²) in [4.78, 5) is 0. The zero-order valence-electron chi connectivity index (χ0n) is 9.38. The van der Waals surface area contributed by atoms with E-state index in [2.05, 4.69) is 36.5 Å². The van der Waals surface area contributed by atoms with Crippen molar-refractivity contribution < 1.29 is 0 Å². The second kappa shape index (κ2) is 4.15. The Balaban J connectivity index is 2.12. The molecule has 1 aromatic carbocycles. The third-order valence-corrected chi connectivity index (χ3v) is 3.34. The minimum atomic E-state index is 0.249. The van der Waals surface area contributed by atoms with Crippen molar-refractivity contribution in [3.8, 4) is 0 Å². The molecule has 2 N–H and O–H groups in total. The van der Waals surface area contributed by atoms with Crippen LogP contribution in [0.5, 0.6) is 0 Å². The summed E-state index contributed by atoms with van der Waals surface area (Å²) in [6.07, 6.45) is 0. The molecule has 80 valence electrons. The fourth-order valence-electron chi connectivity index (χ4n) is 1.83. The Morgan fingerprint density at radius 3 is 2.33 bits per heavy atom. The van der Waals surface area contributed by atoms with Crippen LogP contribution in [0.25, 0.3) is 0 Å². The van der Waals surface area contributed by atoms with Gasteiger partial charge in [0.1, 0.15) is 0 Å². The molecule has 0 spiro atoms. The van der Waals surface area contributed by atoms with Gasteiger partial charge < -0.3 is 10.7 Å². The van der Waals surface area contributed by atoms with Gasteiger partial charge in [0.15, 0.2) is 0 Å². The van der Waals surface area contributed by atoms with Crippen LogP contribution in [0.15, 0.2) is 24.3 Å². The molecule has 0 amide bonds. The van der Waals surface area contributed by atoms with Crippen LogP contribution in [0, 0.1) is 5.41 Å². The van der Waals surface area contributed by atoms with E-state index < -0.39 is 0 Å². The van der Waals surface area contributed by atoms with Gasteiger partial charge in [0.2, 0.25) is 0 Å². The maximum Gasteiger partial charge on any atom is 0.0185 e. The van der Waals surface area contributed by atoms with Crippen molar-refractivity contribution in [2.75, 3.05) is 13.1 Å². The lowest BCUT2D eigenvalue weighted by molar-refractivity contribution is 0.448. The molecule has 1 fully saturated rings. The smallest absolute Gasteiger partial charge is 0.0185 e. The Hall–Kier alpha value is -1.15. The van der Waals surface area contributed by atoms with Crippen molar-refractivity contribution in [1.29, 1.82) is 5.41 Å². The molecule has 2 heteroatoms. The van der Waals surface area contributed by atoms with E-state index in [9.17, 15) is 0 Å². The first-order valence-corrected chi connectivity index (χ1v) is 5.54. The molecule has 2 rings (SSSR count). The standard InChI is InChI=1S/C13H18N2/c1-9(10(2)14)11-3-5-12(6-4-11)13-7-15-8-13/h3-6,9,13-15H,7-8H2,1-2H3/t9-/m0/s1. The van der Waals surface area contributed by atoms with Crippen LogP contribution in [-0.4, -0.2) is 18.8 Å². The topological polar surface area (TPSA) is 35.9 Å². The average molecular weight is 202 g/mol. The zero-order valence-corrected chi connectivity index (χ0v) is 9.38. The maximum atomic E-state index is 7.61. The van der Waals surface area contributed by atoms with Gasteiger partial charge in [-0.1, -0.05) is 31.2 Å². The fourth-order valence-corrected chi connectivity index (χ4v) is 1.83. The van der Waals surface area contributed by atoms with Gasteiger partial charge in [0, 0.05) is 30.6 Å². The molecule has 2 nitrogen and oxygen atoms in total. The Morgan fingerprint density at radius 2 is 1.93 bits per heavy atom. The fraction of sp³-hybridized carbons (Fsp3) is 0.462. The van der Waals surface area contributed by atoms with Gasteiger partial charge in [-0.2, -0.15) is 0 Å². The van der Waals surface area contributed by atoms with Gasteiger partial charge in [0.05, 0.1) is 0 Å². The quantitative estimate of drug-likeness (QED) is 0.726. The van der Waals surface area contributed by atoms with Crippen molar-refractivity contribution in [2.45, 2.75) is 25.7 Å². The molecule has 1 aliphatic rings. The van der Waals surface area contributed by atoms with Crippen LogP contribution in [-0.2, 0) is 0 Å². The number of hydrogen-bond acceptors (Lipinski definition) is 2. The van der Waals surface area contributed by atoms with E-state index in [1.807, 2.05) is 6.92 Å². The summed E-state index contributed by atoms with van der Waals surface area (Å²) in [5.74, 6) is 0.953. The Kier molecular flexibility index (Phi) is 2.87. The normalized spacial score (nSPS) is 18.3. The molecule has 0 radical (unpaired) electrons. The summed E-state index contributed by atoms with van der Waals surface area (Å²) in [7, 11) is 0. The lowest BCUT2D eigenvalue weighted by Crippen LogP contribution is -2.39. The van der Waals surface area contributed by atoms with E-state index in [0.29, 0.717) is 5.92 Å². The average Bonchev–Trinajstić information content (AvgIpc) is 2.15. The number of benzene rings is 1. The highest BCUT2D eigenvalue weighted by molar-refractivity contribution is 5.85. The van der Waals surface area contributed by atoms with Crippen LogP contribution < -0.4 is 5.32 Å². The predicted molar refractivity (Wildman–Crippen MR) is 63.9 cm³/mol. The van der Waals surface area contributed by atoms with Gasteiger partial charge in [-0.25, -0.2) is 0 Å². The second-order valence-corrected chi connectivity index (χ2v) is 4.43. The van der Waals surface area contributed by atoms with Crippen molar-refractivity contribution in [1.82, 2.24) is 5.32 Å². The number of nitrogens with one attached hydrogen (secondary N) is 2. The summed E-state index contributed by atoms with van der Waals surface area (Å²) in [5, 5.41) is 10.9. The maximum absolute atomic E-state index is 7.61. The monoisotopic (exact) mass is 202 g/mol. The molecule has 0 bridgehead atoms. The molecule has 0 saturated carbocycles. The van der Waals surface area contributed by atoms with Crippen LogP contribution in [0.2, 0.25) is 0 Å². The van der Waals surface area contributed by atoms with E-state index in [4.69, 9.17) is 5.41 Å². The van der Waals surface area contributed by atoms with Gasteiger partial charge in [-0.05, 0) is 18.1 Å². The molecule has 1 atom stereocenters. The third-order valence-electron chi connectivity index (χ3n) is 3.34. The Labute approximate surface area is 91.2 Å². The van der Waals surface area contributed by atoms with Crippen molar-refractivity contribution in [3.05, 3.63) is 35.4 Å². The first-order chi connectivity index (χ1) is 7.18. The predicted octanol–water partition coefficient (Wildman–Crippen LogP) is 2.52. The Bertz CT molecular complexity index is 349. The lowest BCUT2D eigenvalue weighted by Gasteiger charge is -2.27. The van der Waals surface area contributed by atoms with Gasteiger partial charge >= 0.3 is 0 Å². The summed E-state index contributed by atoms with van der Waals surface area (Å²) in [5.41, 5.74) is 3.40. The molecule has 1 saturated heterocycles. The molecule has 0 unspecified atom stereocenters. The molecular formula is C13H18N2.